The van der Waals surface area contributed by atoms with Gasteiger partial charge in [0.2, 0.25) is 0 Å². The molecule has 7 aromatic rings. The zero-order valence-corrected chi connectivity index (χ0v) is 29.2. The minimum atomic E-state index is 0.336. The van der Waals surface area contributed by atoms with E-state index in [-0.39, 0.29) is 0 Å². The second kappa shape index (κ2) is 12.6. The fourth-order valence-electron chi connectivity index (χ4n) is 9.67. The average molecular weight is 661 g/mol. The zero-order valence-electron chi connectivity index (χ0n) is 29.2. The van der Waals surface area contributed by atoms with E-state index in [1.165, 1.54) is 48.8 Å². The fourth-order valence-corrected chi connectivity index (χ4v) is 9.67. The highest BCUT2D eigenvalue weighted by Gasteiger charge is 2.45. The number of hydrogen-bond donors (Lipinski definition) is 0. The van der Waals surface area contributed by atoms with Gasteiger partial charge in [0, 0.05) is 22.1 Å². The van der Waals surface area contributed by atoms with E-state index >= 15 is 0 Å². The van der Waals surface area contributed by atoms with Crippen LogP contribution >= 0.6 is 0 Å². The molecule has 6 aromatic carbocycles. The average Bonchev–Trinajstić information content (AvgIpc) is 3.16. The first kappa shape index (κ1) is 31.3. The van der Waals surface area contributed by atoms with Crippen molar-refractivity contribution in [2.24, 2.45) is 17.8 Å². The van der Waals surface area contributed by atoms with Gasteiger partial charge < -0.3 is 0 Å². The molecule has 9 rings (SSSR count). The van der Waals surface area contributed by atoms with Gasteiger partial charge in [-0.05, 0) is 100 Å². The van der Waals surface area contributed by atoms with Gasteiger partial charge in [0.15, 0.2) is 17.5 Å². The first-order chi connectivity index (χ1) is 25.0. The molecule has 0 spiro atoms. The number of aromatic nitrogens is 3. The third kappa shape index (κ3) is 5.68. The monoisotopic (exact) mass is 660 g/mol. The van der Waals surface area contributed by atoms with E-state index < -0.39 is 0 Å². The summed E-state index contributed by atoms with van der Waals surface area (Å²) in [7, 11) is 0. The van der Waals surface area contributed by atoms with Crippen LogP contribution in [0.3, 0.4) is 0 Å². The Hall–Kier alpha value is -5.66. The molecule has 0 saturated heterocycles. The quantitative estimate of drug-likeness (QED) is 0.184. The van der Waals surface area contributed by atoms with Crippen molar-refractivity contribution in [1.29, 1.82) is 5.26 Å². The summed E-state index contributed by atoms with van der Waals surface area (Å²) in [5, 5.41) is 13.9. The van der Waals surface area contributed by atoms with E-state index in [1.807, 2.05) is 66.7 Å². The molecular weight excluding hydrogens is 621 g/mol. The van der Waals surface area contributed by atoms with Crippen LogP contribution in [0.25, 0.3) is 66.8 Å². The lowest BCUT2D eigenvalue weighted by Gasteiger charge is -2.50. The van der Waals surface area contributed by atoms with Gasteiger partial charge >= 0.3 is 0 Å². The van der Waals surface area contributed by atoms with Crippen molar-refractivity contribution in [2.75, 3.05) is 0 Å². The molecule has 2 saturated carbocycles. The predicted octanol–water partition coefficient (Wildman–Crippen LogP) is 11.8. The normalized spacial score (nSPS) is 21.4. The Morgan fingerprint density at radius 3 is 1.90 bits per heavy atom. The fraction of sp³-hybridized carbons (Fsp3) is 0.234. The first-order valence-corrected chi connectivity index (χ1v) is 18.3. The Bertz CT molecular complexity index is 2440. The molecule has 0 N–H and O–H groups in total. The van der Waals surface area contributed by atoms with E-state index in [9.17, 15) is 5.26 Å². The highest BCUT2D eigenvalue weighted by molar-refractivity contribution is 6.00. The molecule has 0 amide bonds. The topological polar surface area (TPSA) is 62.5 Å². The van der Waals surface area contributed by atoms with Crippen LogP contribution < -0.4 is 0 Å². The summed E-state index contributed by atoms with van der Waals surface area (Å²) in [5.41, 5.74) is 7.71. The van der Waals surface area contributed by atoms with Crippen molar-refractivity contribution in [3.05, 3.63) is 139 Å². The molecule has 2 bridgehead atoms. The zero-order chi connectivity index (χ0) is 34.5. The molecule has 2 aliphatic rings. The molecule has 51 heavy (non-hydrogen) atoms. The van der Waals surface area contributed by atoms with E-state index in [2.05, 4.69) is 80.6 Å². The molecule has 0 radical (unpaired) electrons. The van der Waals surface area contributed by atoms with Gasteiger partial charge in [0.05, 0.1) is 11.6 Å². The van der Waals surface area contributed by atoms with Crippen LogP contribution in [-0.4, -0.2) is 15.0 Å². The number of benzene rings is 6. The highest BCUT2D eigenvalue weighted by Crippen LogP contribution is 2.54. The molecule has 1 aromatic heterocycles. The van der Waals surface area contributed by atoms with Crippen LogP contribution in [-0.2, 0) is 5.41 Å². The molecule has 1 unspecified atom stereocenters. The van der Waals surface area contributed by atoms with Gasteiger partial charge in [0.25, 0.3) is 0 Å². The lowest BCUT2D eigenvalue weighted by molar-refractivity contribution is 0.0780. The van der Waals surface area contributed by atoms with E-state index in [0.29, 0.717) is 28.5 Å². The second-order valence-electron chi connectivity index (χ2n) is 15.2. The largest absolute Gasteiger partial charge is 0.208 e. The lowest BCUT2D eigenvalue weighted by atomic mass is 9.54. The summed E-state index contributed by atoms with van der Waals surface area (Å²) in [5.74, 6) is 4.30. The summed E-state index contributed by atoms with van der Waals surface area (Å²) < 4.78 is 0. The Morgan fingerprint density at radius 1 is 0.549 bits per heavy atom. The maximum Gasteiger partial charge on any atom is 0.164 e. The van der Waals surface area contributed by atoms with Crippen LogP contribution in [0.2, 0.25) is 0 Å². The standard InChI is InChI=1S/C47H40N4/c1-30-23-32-24-31(2)27-47(26-30,28-32)38-20-17-33(18-21-38)35-19-22-40-36(25-35)11-6-15-42(40)45-49-44(34-9-4-3-5-10-34)50-46(51-45)43-16-8-13-39-37(29-48)12-7-14-41(39)43/h3-22,25,30-32H,23-24,26-28H2,1-2H3/t30-,31+,32-,47?. The summed E-state index contributed by atoms with van der Waals surface area (Å²) >= 11 is 0. The van der Waals surface area contributed by atoms with Crippen molar-refractivity contribution in [1.82, 2.24) is 15.0 Å². The van der Waals surface area contributed by atoms with Crippen molar-refractivity contribution >= 4 is 21.5 Å². The molecule has 4 nitrogen and oxygen atoms in total. The smallest absolute Gasteiger partial charge is 0.164 e. The van der Waals surface area contributed by atoms with Crippen LogP contribution in [0.4, 0.5) is 0 Å². The third-order valence-corrected chi connectivity index (χ3v) is 11.5. The van der Waals surface area contributed by atoms with Gasteiger partial charge in [-0.3, -0.25) is 0 Å². The second-order valence-corrected chi connectivity index (χ2v) is 15.2. The summed E-state index contributed by atoms with van der Waals surface area (Å²) in [6.07, 6.45) is 6.78. The summed E-state index contributed by atoms with van der Waals surface area (Å²) in [6, 6.07) is 46.8. The predicted molar refractivity (Wildman–Crippen MR) is 208 cm³/mol. The SMILES string of the molecule is C[C@@H]1C[C@@H]2C[C@H](C)CC(c3ccc(-c4ccc5c(-c6nc(-c7ccccc7)nc(-c7cccc8c(C#N)cccc78)n6)cccc5c4)cc3)(C1)C2. The number of fused-ring (bicyclic) bond motifs is 4. The van der Waals surface area contributed by atoms with Gasteiger partial charge in [0.1, 0.15) is 0 Å². The first-order valence-electron chi connectivity index (χ1n) is 18.3. The third-order valence-electron chi connectivity index (χ3n) is 11.5. The van der Waals surface area contributed by atoms with Gasteiger partial charge in [-0.1, -0.05) is 129 Å². The number of rotatable bonds is 5. The van der Waals surface area contributed by atoms with E-state index in [4.69, 9.17) is 15.0 Å². The maximum absolute atomic E-state index is 9.80. The lowest BCUT2D eigenvalue weighted by Crippen LogP contribution is -2.42. The van der Waals surface area contributed by atoms with Crippen LogP contribution in [0.1, 0.15) is 57.1 Å². The molecule has 248 valence electrons. The van der Waals surface area contributed by atoms with Crippen molar-refractivity contribution in [2.45, 2.75) is 51.4 Å². The molecule has 2 fully saturated rings. The van der Waals surface area contributed by atoms with E-state index in [1.54, 1.807) is 0 Å². The Labute approximate surface area is 299 Å². The number of nitrogens with zero attached hydrogens (tertiary/aromatic N) is 4. The minimum Gasteiger partial charge on any atom is -0.208 e. The Morgan fingerprint density at radius 2 is 1.18 bits per heavy atom. The van der Waals surface area contributed by atoms with E-state index in [0.717, 1.165) is 56.0 Å². The molecule has 4 atom stereocenters. The molecule has 2 aliphatic carbocycles. The summed E-state index contributed by atoms with van der Waals surface area (Å²) in [6.45, 7) is 4.92. The maximum atomic E-state index is 9.80. The molecule has 0 aliphatic heterocycles. The van der Waals surface area contributed by atoms with Crippen molar-refractivity contribution < 1.29 is 0 Å². The van der Waals surface area contributed by atoms with Crippen molar-refractivity contribution in [3.63, 3.8) is 0 Å². The Kier molecular flexibility index (Phi) is 7.73. The van der Waals surface area contributed by atoms with Gasteiger partial charge in [-0.2, -0.15) is 5.26 Å². The van der Waals surface area contributed by atoms with Crippen LogP contribution in [0.15, 0.2) is 127 Å². The van der Waals surface area contributed by atoms with Crippen LogP contribution in [0.5, 0.6) is 0 Å². The Balaban J connectivity index is 1.12. The van der Waals surface area contributed by atoms with Crippen molar-refractivity contribution in [3.8, 4) is 51.4 Å². The number of hydrogen-bond acceptors (Lipinski definition) is 4. The molecule has 1 heterocycles. The van der Waals surface area contributed by atoms with Gasteiger partial charge in [-0.15, -0.1) is 0 Å². The minimum absolute atomic E-state index is 0.336. The molecule has 4 heteroatoms. The number of nitriles is 1. The summed E-state index contributed by atoms with van der Waals surface area (Å²) in [4.78, 5) is 15.2. The highest BCUT2D eigenvalue weighted by atomic mass is 15.0. The van der Waals surface area contributed by atoms with Crippen LogP contribution in [0, 0.1) is 29.1 Å². The van der Waals surface area contributed by atoms with Gasteiger partial charge in [-0.25, -0.2) is 15.0 Å². The molecular formula is C47H40N4.